The van der Waals surface area contributed by atoms with Crippen molar-refractivity contribution in [3.63, 3.8) is 0 Å². The molecule has 30 heavy (non-hydrogen) atoms. The molecule has 1 aliphatic heterocycles. The number of carbonyl (C=O) groups is 2. The largest absolute Gasteiger partial charge is 0.425 e. The average Bonchev–Trinajstić information content (AvgIpc) is 2.92. The lowest BCUT2D eigenvalue weighted by Gasteiger charge is -2.30. The Kier molecular flexibility index (Phi) is 5.04. The Morgan fingerprint density at radius 3 is 2.30 bits per heavy atom. The molecule has 0 saturated carbocycles. The SMILES string of the molecule is CC(C)Cn1c2c(c(=O)[nH]c1=O)C(NC(=O)c1ccc(F)cc1)(C(F)(F)F)C(=O)N2. The maximum atomic E-state index is 14.2. The summed E-state index contributed by atoms with van der Waals surface area (Å²) in [6.07, 6.45) is -5.44. The Morgan fingerprint density at radius 2 is 1.77 bits per heavy atom. The fourth-order valence-corrected chi connectivity index (χ4v) is 3.21. The molecule has 0 bridgehead atoms. The number of nitrogens with zero attached hydrogens (tertiary/aromatic N) is 1. The Hall–Kier alpha value is -3.44. The summed E-state index contributed by atoms with van der Waals surface area (Å²) in [4.78, 5) is 51.3. The van der Waals surface area contributed by atoms with Crippen LogP contribution in [0.4, 0.5) is 23.4 Å². The van der Waals surface area contributed by atoms with Gasteiger partial charge in [0.05, 0.1) is 0 Å². The van der Waals surface area contributed by atoms with Crippen LogP contribution in [0.25, 0.3) is 0 Å². The zero-order chi connectivity index (χ0) is 22.4. The van der Waals surface area contributed by atoms with Gasteiger partial charge in [-0.05, 0) is 30.2 Å². The summed E-state index contributed by atoms with van der Waals surface area (Å²) >= 11 is 0. The second-order valence-corrected chi connectivity index (χ2v) is 7.15. The lowest BCUT2D eigenvalue weighted by Crippen LogP contribution is -2.62. The number of alkyl halides is 3. The van der Waals surface area contributed by atoms with Gasteiger partial charge in [-0.2, -0.15) is 13.2 Å². The molecule has 1 atom stereocenters. The summed E-state index contributed by atoms with van der Waals surface area (Å²) in [6, 6.07) is 3.55. The second-order valence-electron chi connectivity index (χ2n) is 7.15. The van der Waals surface area contributed by atoms with E-state index in [1.54, 1.807) is 24.1 Å². The number of carbonyl (C=O) groups excluding carboxylic acids is 2. The highest BCUT2D eigenvalue weighted by molar-refractivity contribution is 6.09. The third-order valence-electron chi connectivity index (χ3n) is 4.53. The van der Waals surface area contributed by atoms with Crippen molar-refractivity contribution in [1.29, 1.82) is 0 Å². The minimum Gasteiger partial charge on any atom is -0.326 e. The van der Waals surface area contributed by atoms with E-state index in [-0.39, 0.29) is 18.0 Å². The number of H-pyrrole nitrogens is 1. The van der Waals surface area contributed by atoms with Crippen molar-refractivity contribution < 1.29 is 27.2 Å². The van der Waals surface area contributed by atoms with E-state index in [2.05, 4.69) is 0 Å². The van der Waals surface area contributed by atoms with Crippen LogP contribution in [-0.2, 0) is 16.9 Å². The minimum atomic E-state index is -5.44. The van der Waals surface area contributed by atoms with Crippen LogP contribution in [0.5, 0.6) is 0 Å². The van der Waals surface area contributed by atoms with E-state index < -0.39 is 52.0 Å². The van der Waals surface area contributed by atoms with E-state index in [0.29, 0.717) is 0 Å². The summed E-state index contributed by atoms with van der Waals surface area (Å²) < 4.78 is 56.4. The molecule has 1 aromatic carbocycles. The van der Waals surface area contributed by atoms with Crippen LogP contribution in [0.2, 0.25) is 0 Å². The van der Waals surface area contributed by atoms with Gasteiger partial charge in [-0.25, -0.2) is 9.18 Å². The zero-order valence-electron chi connectivity index (χ0n) is 15.7. The molecule has 8 nitrogen and oxygen atoms in total. The van der Waals surface area contributed by atoms with Crippen molar-refractivity contribution >= 4 is 17.6 Å². The first-order chi connectivity index (χ1) is 13.9. The van der Waals surface area contributed by atoms with E-state index in [9.17, 15) is 36.7 Å². The van der Waals surface area contributed by atoms with Crippen molar-refractivity contribution in [3.8, 4) is 0 Å². The van der Waals surface area contributed by atoms with Crippen molar-refractivity contribution in [3.05, 3.63) is 62.0 Å². The predicted molar refractivity (Wildman–Crippen MR) is 96.4 cm³/mol. The first-order valence-electron chi connectivity index (χ1n) is 8.72. The summed E-state index contributed by atoms with van der Waals surface area (Å²) in [5.41, 5.74) is -7.72. The Labute approximate surface area is 165 Å². The van der Waals surface area contributed by atoms with Gasteiger partial charge in [0.2, 0.25) is 0 Å². The molecule has 1 aromatic heterocycles. The van der Waals surface area contributed by atoms with Gasteiger partial charge >= 0.3 is 11.9 Å². The van der Waals surface area contributed by atoms with Gasteiger partial charge in [0.25, 0.3) is 22.9 Å². The van der Waals surface area contributed by atoms with Crippen LogP contribution in [0, 0.1) is 11.7 Å². The lowest BCUT2D eigenvalue weighted by atomic mass is 9.91. The molecule has 3 N–H and O–H groups in total. The van der Waals surface area contributed by atoms with Gasteiger partial charge in [0.1, 0.15) is 17.2 Å². The van der Waals surface area contributed by atoms with Gasteiger partial charge in [-0.1, -0.05) is 13.8 Å². The van der Waals surface area contributed by atoms with E-state index in [1.807, 2.05) is 5.32 Å². The smallest absolute Gasteiger partial charge is 0.326 e. The molecule has 0 saturated heterocycles. The third kappa shape index (κ3) is 3.27. The van der Waals surface area contributed by atoms with Crippen LogP contribution in [0.15, 0.2) is 33.9 Å². The van der Waals surface area contributed by atoms with Crippen LogP contribution >= 0.6 is 0 Å². The van der Waals surface area contributed by atoms with Crippen molar-refractivity contribution in [1.82, 2.24) is 14.9 Å². The highest BCUT2D eigenvalue weighted by atomic mass is 19.4. The Balaban J connectivity index is 2.23. The van der Waals surface area contributed by atoms with E-state index in [4.69, 9.17) is 0 Å². The van der Waals surface area contributed by atoms with E-state index in [0.717, 1.165) is 28.8 Å². The normalized spacial score (nSPS) is 18.3. The van der Waals surface area contributed by atoms with Gasteiger partial charge in [-0.3, -0.25) is 23.9 Å². The fraction of sp³-hybridized carbons (Fsp3) is 0.333. The number of benzene rings is 1. The number of amides is 2. The summed E-state index contributed by atoms with van der Waals surface area (Å²) in [5, 5.41) is 3.51. The molecule has 0 fully saturated rings. The predicted octanol–water partition coefficient (Wildman–Crippen LogP) is 1.47. The van der Waals surface area contributed by atoms with Gasteiger partial charge in [-0.15, -0.1) is 0 Å². The minimum absolute atomic E-state index is 0.0991. The van der Waals surface area contributed by atoms with Crippen LogP contribution < -0.4 is 21.9 Å². The molecule has 0 aliphatic carbocycles. The molecular formula is C18H16F4N4O4. The van der Waals surface area contributed by atoms with E-state index in [1.165, 1.54) is 0 Å². The number of anilines is 1. The highest BCUT2D eigenvalue weighted by Gasteiger charge is 2.68. The number of fused-ring (bicyclic) bond motifs is 1. The number of rotatable bonds is 4. The first kappa shape index (κ1) is 21.3. The third-order valence-corrected chi connectivity index (χ3v) is 4.53. The van der Waals surface area contributed by atoms with Gasteiger partial charge in [0, 0.05) is 12.1 Å². The molecule has 12 heteroatoms. The van der Waals surface area contributed by atoms with Crippen LogP contribution in [0.3, 0.4) is 0 Å². The Morgan fingerprint density at radius 1 is 1.17 bits per heavy atom. The second kappa shape index (κ2) is 7.11. The number of hydrogen-bond acceptors (Lipinski definition) is 4. The molecule has 2 amide bonds. The topological polar surface area (TPSA) is 113 Å². The summed E-state index contributed by atoms with van der Waals surface area (Å²) in [6.45, 7) is 3.25. The number of aromatic amines is 1. The van der Waals surface area contributed by atoms with Crippen molar-refractivity contribution in [2.24, 2.45) is 5.92 Å². The number of halogens is 4. The number of aromatic nitrogens is 2. The van der Waals surface area contributed by atoms with Gasteiger partial charge in [0.15, 0.2) is 0 Å². The van der Waals surface area contributed by atoms with Crippen LogP contribution in [-0.4, -0.2) is 27.5 Å². The summed E-state index contributed by atoms with van der Waals surface area (Å²) in [5.74, 6) is -4.69. The first-order valence-corrected chi connectivity index (χ1v) is 8.72. The Bertz CT molecular complexity index is 1130. The standard InChI is InChI=1S/C18H16F4N4O4/c1-8(2)7-26-12-11(14(28)24-16(26)30)17(15(29)23-12,18(20,21)22)25-13(27)9-3-5-10(19)6-4-9/h3-6,8H,7H2,1-2H3,(H,23,29)(H,25,27)(H,24,28,30). The summed E-state index contributed by atoms with van der Waals surface area (Å²) in [7, 11) is 0. The number of hydrogen-bond donors (Lipinski definition) is 3. The molecule has 0 spiro atoms. The van der Waals surface area contributed by atoms with Gasteiger partial charge < -0.3 is 10.6 Å². The highest BCUT2D eigenvalue weighted by Crippen LogP contribution is 2.45. The maximum Gasteiger partial charge on any atom is 0.425 e. The monoisotopic (exact) mass is 428 g/mol. The molecule has 1 aliphatic rings. The average molecular weight is 428 g/mol. The number of nitrogens with one attached hydrogen (secondary N) is 3. The van der Waals surface area contributed by atoms with E-state index >= 15 is 0 Å². The molecule has 1 unspecified atom stereocenters. The van der Waals surface area contributed by atoms with Crippen molar-refractivity contribution in [2.75, 3.05) is 5.32 Å². The van der Waals surface area contributed by atoms with Crippen molar-refractivity contribution in [2.45, 2.75) is 32.1 Å². The quantitative estimate of drug-likeness (QED) is 0.640. The molecule has 2 aromatic rings. The maximum absolute atomic E-state index is 14.2. The lowest BCUT2D eigenvalue weighted by molar-refractivity contribution is -0.196. The fourth-order valence-electron chi connectivity index (χ4n) is 3.21. The molecule has 2 heterocycles. The molecule has 0 radical (unpaired) electrons. The zero-order valence-corrected chi connectivity index (χ0v) is 15.7. The molecule has 160 valence electrons. The van der Waals surface area contributed by atoms with Crippen LogP contribution in [0.1, 0.15) is 29.8 Å². The molecular weight excluding hydrogens is 412 g/mol. The molecule has 3 rings (SSSR count).